The maximum atomic E-state index is 11.9. The van der Waals surface area contributed by atoms with Crippen molar-refractivity contribution in [2.45, 2.75) is 19.8 Å². The number of carbonyl (C=O) groups excluding carboxylic acids is 2. The van der Waals surface area contributed by atoms with E-state index in [1.54, 1.807) is 0 Å². The minimum absolute atomic E-state index is 0.110. The van der Waals surface area contributed by atoms with Crippen LogP contribution in [0.2, 0.25) is 0 Å². The summed E-state index contributed by atoms with van der Waals surface area (Å²) >= 11 is 0. The van der Waals surface area contributed by atoms with E-state index < -0.39 is 0 Å². The number of hydrogen-bond donors (Lipinski definition) is 1. The van der Waals surface area contributed by atoms with Gasteiger partial charge in [0.15, 0.2) is 0 Å². The van der Waals surface area contributed by atoms with Gasteiger partial charge < -0.3 is 15.5 Å². The van der Waals surface area contributed by atoms with Gasteiger partial charge in [-0.1, -0.05) is 6.92 Å². The Labute approximate surface area is 102 Å². The van der Waals surface area contributed by atoms with Gasteiger partial charge in [-0.3, -0.25) is 9.59 Å². The highest BCUT2D eigenvalue weighted by atomic mass is 16.2. The molecule has 2 rings (SSSR count). The molecule has 5 nitrogen and oxygen atoms in total. The quantitative estimate of drug-likeness (QED) is 0.733. The van der Waals surface area contributed by atoms with Gasteiger partial charge in [0.05, 0.1) is 0 Å². The third kappa shape index (κ3) is 2.77. The van der Waals surface area contributed by atoms with Crippen LogP contribution in [-0.4, -0.2) is 54.3 Å². The van der Waals surface area contributed by atoms with Gasteiger partial charge in [-0.05, 0) is 12.8 Å². The number of rotatable bonds is 3. The summed E-state index contributed by atoms with van der Waals surface area (Å²) in [5, 5.41) is 0. The minimum atomic E-state index is -0.110. The zero-order valence-electron chi connectivity index (χ0n) is 10.4. The summed E-state index contributed by atoms with van der Waals surface area (Å²) in [6.07, 6.45) is 2.09. The number of amides is 2. The number of carbonyl (C=O) groups is 2. The number of piperazine rings is 1. The molecule has 0 aromatic rings. The Morgan fingerprint density at radius 2 is 1.71 bits per heavy atom. The highest BCUT2D eigenvalue weighted by molar-refractivity contribution is 5.82. The van der Waals surface area contributed by atoms with Gasteiger partial charge in [0.2, 0.25) is 11.8 Å². The second-order valence-electron chi connectivity index (χ2n) is 5.06. The van der Waals surface area contributed by atoms with Crippen LogP contribution in [0.1, 0.15) is 19.8 Å². The molecule has 2 amide bonds. The summed E-state index contributed by atoms with van der Waals surface area (Å²) in [6, 6.07) is 0. The summed E-state index contributed by atoms with van der Waals surface area (Å²) in [5.41, 5.74) is 5.49. The second-order valence-corrected chi connectivity index (χ2v) is 5.06. The lowest BCUT2D eigenvalue weighted by Gasteiger charge is -2.36. The molecule has 1 aliphatic heterocycles. The number of nitrogens with zero attached hydrogens (tertiary/aromatic N) is 2. The Balaban J connectivity index is 1.81. The molecule has 2 N–H and O–H groups in total. The lowest BCUT2D eigenvalue weighted by Crippen LogP contribution is -2.52. The first-order chi connectivity index (χ1) is 8.13. The average molecular weight is 239 g/mol. The van der Waals surface area contributed by atoms with Gasteiger partial charge in [-0.25, -0.2) is 0 Å². The molecule has 2 fully saturated rings. The van der Waals surface area contributed by atoms with E-state index >= 15 is 0 Å². The Morgan fingerprint density at radius 3 is 2.18 bits per heavy atom. The van der Waals surface area contributed by atoms with E-state index in [1.165, 1.54) is 0 Å². The van der Waals surface area contributed by atoms with E-state index in [2.05, 4.69) is 0 Å². The van der Waals surface area contributed by atoms with Gasteiger partial charge in [0.1, 0.15) is 0 Å². The molecule has 5 heteroatoms. The van der Waals surface area contributed by atoms with Crippen LogP contribution in [0, 0.1) is 11.8 Å². The molecular weight excluding hydrogens is 218 g/mol. The van der Waals surface area contributed by atoms with E-state index in [1.807, 2.05) is 16.7 Å². The molecule has 1 saturated carbocycles. The fourth-order valence-electron chi connectivity index (χ4n) is 2.15. The number of nitrogens with two attached hydrogens (primary N) is 1. The van der Waals surface area contributed by atoms with Crippen LogP contribution in [0.3, 0.4) is 0 Å². The molecule has 2 aliphatic rings. The average Bonchev–Trinajstić information content (AvgIpc) is 3.20. The topological polar surface area (TPSA) is 66.6 Å². The second kappa shape index (κ2) is 5.04. The summed E-state index contributed by atoms with van der Waals surface area (Å²) in [7, 11) is 0. The van der Waals surface area contributed by atoms with Crippen molar-refractivity contribution in [2.24, 2.45) is 17.6 Å². The fourth-order valence-corrected chi connectivity index (χ4v) is 2.15. The lowest BCUT2D eigenvalue weighted by molar-refractivity contribution is -0.142. The third-order valence-corrected chi connectivity index (χ3v) is 3.60. The molecule has 17 heavy (non-hydrogen) atoms. The van der Waals surface area contributed by atoms with Crippen LogP contribution >= 0.6 is 0 Å². The maximum absolute atomic E-state index is 11.9. The van der Waals surface area contributed by atoms with Gasteiger partial charge in [0, 0.05) is 44.6 Å². The first-order valence-electron chi connectivity index (χ1n) is 6.41. The van der Waals surface area contributed by atoms with Crippen LogP contribution < -0.4 is 5.73 Å². The zero-order chi connectivity index (χ0) is 12.4. The molecule has 0 aromatic heterocycles. The molecule has 0 bridgehead atoms. The Bertz CT molecular complexity index is 307. The predicted octanol–water partition coefficient (Wildman–Crippen LogP) is -0.338. The third-order valence-electron chi connectivity index (χ3n) is 3.60. The van der Waals surface area contributed by atoms with Crippen LogP contribution in [0.5, 0.6) is 0 Å². The highest BCUT2D eigenvalue weighted by Gasteiger charge is 2.35. The number of hydrogen-bond acceptors (Lipinski definition) is 3. The molecule has 0 aromatic carbocycles. The van der Waals surface area contributed by atoms with Crippen molar-refractivity contribution in [1.29, 1.82) is 0 Å². The van der Waals surface area contributed by atoms with Crippen molar-refractivity contribution in [1.82, 2.24) is 9.80 Å². The summed E-state index contributed by atoms with van der Waals surface area (Å²) in [4.78, 5) is 27.4. The van der Waals surface area contributed by atoms with Gasteiger partial charge in [-0.15, -0.1) is 0 Å². The van der Waals surface area contributed by atoms with Gasteiger partial charge >= 0.3 is 0 Å². The smallest absolute Gasteiger partial charge is 0.226 e. The lowest BCUT2D eigenvalue weighted by atomic mass is 10.1. The van der Waals surface area contributed by atoms with E-state index in [0.717, 1.165) is 12.8 Å². The molecule has 0 spiro atoms. The van der Waals surface area contributed by atoms with E-state index in [9.17, 15) is 9.59 Å². The van der Waals surface area contributed by atoms with Crippen LogP contribution in [0.15, 0.2) is 0 Å². The zero-order valence-corrected chi connectivity index (χ0v) is 10.4. The Kier molecular flexibility index (Phi) is 3.66. The maximum Gasteiger partial charge on any atom is 0.226 e. The molecule has 1 unspecified atom stereocenters. The van der Waals surface area contributed by atoms with Crippen LogP contribution in [-0.2, 0) is 9.59 Å². The highest BCUT2D eigenvalue weighted by Crippen LogP contribution is 2.31. The Morgan fingerprint density at radius 1 is 1.18 bits per heavy atom. The predicted molar refractivity (Wildman–Crippen MR) is 64.1 cm³/mol. The van der Waals surface area contributed by atoms with Crippen molar-refractivity contribution in [3.05, 3.63) is 0 Å². The van der Waals surface area contributed by atoms with E-state index in [0.29, 0.717) is 32.7 Å². The largest absolute Gasteiger partial charge is 0.339 e. The van der Waals surface area contributed by atoms with Crippen molar-refractivity contribution in [2.75, 3.05) is 32.7 Å². The van der Waals surface area contributed by atoms with Crippen molar-refractivity contribution >= 4 is 11.8 Å². The normalized spacial score (nSPS) is 22.5. The summed E-state index contributed by atoms with van der Waals surface area (Å²) < 4.78 is 0. The molecule has 1 heterocycles. The Hall–Kier alpha value is -1.10. The standard InChI is InChI=1S/C12H21N3O2/c1-9(8-13)11(16)14-4-6-15(7-5-14)12(17)10-2-3-10/h9-10H,2-8,13H2,1H3. The molecule has 0 radical (unpaired) electrons. The van der Waals surface area contributed by atoms with Crippen molar-refractivity contribution in [3.63, 3.8) is 0 Å². The molecule has 1 saturated heterocycles. The molecule has 1 atom stereocenters. The fraction of sp³-hybridized carbons (Fsp3) is 0.833. The summed E-state index contributed by atoms with van der Waals surface area (Å²) in [5.74, 6) is 0.566. The molecule has 1 aliphatic carbocycles. The SMILES string of the molecule is CC(CN)C(=O)N1CCN(C(=O)C2CC2)CC1. The van der Waals surface area contributed by atoms with Crippen molar-refractivity contribution < 1.29 is 9.59 Å². The molecular formula is C12H21N3O2. The van der Waals surface area contributed by atoms with Gasteiger partial charge in [-0.2, -0.15) is 0 Å². The van der Waals surface area contributed by atoms with Crippen molar-refractivity contribution in [3.8, 4) is 0 Å². The van der Waals surface area contributed by atoms with E-state index in [-0.39, 0.29) is 23.7 Å². The first kappa shape index (κ1) is 12.4. The summed E-state index contributed by atoms with van der Waals surface area (Å²) in [6.45, 7) is 4.91. The van der Waals surface area contributed by atoms with E-state index in [4.69, 9.17) is 5.73 Å². The van der Waals surface area contributed by atoms with Crippen LogP contribution in [0.25, 0.3) is 0 Å². The minimum Gasteiger partial charge on any atom is -0.339 e. The van der Waals surface area contributed by atoms with Gasteiger partial charge in [0.25, 0.3) is 0 Å². The van der Waals surface area contributed by atoms with Crippen LogP contribution in [0.4, 0.5) is 0 Å². The molecule has 96 valence electrons. The monoisotopic (exact) mass is 239 g/mol. The first-order valence-corrected chi connectivity index (χ1v) is 6.41.